The lowest BCUT2D eigenvalue weighted by atomic mass is 9.83. The maximum Gasteiger partial charge on any atom is 0.225 e. The second kappa shape index (κ2) is 5.57. The molecule has 0 unspecified atom stereocenters. The van der Waals surface area contributed by atoms with Crippen molar-refractivity contribution in [3.8, 4) is 0 Å². The van der Waals surface area contributed by atoms with E-state index in [0.29, 0.717) is 11.8 Å². The lowest BCUT2D eigenvalue weighted by Crippen LogP contribution is -2.54. The topological polar surface area (TPSA) is 32.8 Å². The van der Waals surface area contributed by atoms with Crippen molar-refractivity contribution in [1.82, 2.24) is 9.80 Å². The van der Waals surface area contributed by atoms with E-state index >= 15 is 0 Å². The average Bonchev–Trinajstić information content (AvgIpc) is 3.20. The molecule has 0 aromatic carbocycles. The van der Waals surface area contributed by atoms with Gasteiger partial charge in [0, 0.05) is 38.3 Å². The summed E-state index contributed by atoms with van der Waals surface area (Å²) in [5, 5.41) is 0. The van der Waals surface area contributed by atoms with E-state index in [4.69, 9.17) is 4.74 Å². The number of methoxy groups -OCH3 is 1. The predicted molar refractivity (Wildman–Crippen MR) is 71.4 cm³/mol. The second-order valence-corrected chi connectivity index (χ2v) is 5.96. The Morgan fingerprint density at radius 3 is 2.39 bits per heavy atom. The number of nitrogens with zero attached hydrogens (tertiary/aromatic N) is 2. The molecule has 1 saturated heterocycles. The molecule has 1 amide bonds. The Kier molecular flexibility index (Phi) is 4.28. The van der Waals surface area contributed by atoms with E-state index in [0.717, 1.165) is 51.8 Å². The highest BCUT2D eigenvalue weighted by Gasteiger charge is 2.40. The summed E-state index contributed by atoms with van der Waals surface area (Å²) in [4.78, 5) is 16.4. The van der Waals surface area contributed by atoms with Crippen LogP contribution in [-0.2, 0) is 9.53 Å². The van der Waals surface area contributed by atoms with Gasteiger partial charge in [0.15, 0.2) is 0 Å². The zero-order valence-electron chi connectivity index (χ0n) is 11.9. The van der Waals surface area contributed by atoms with Gasteiger partial charge >= 0.3 is 0 Å². The molecule has 0 bridgehead atoms. The third kappa shape index (κ3) is 2.86. The van der Waals surface area contributed by atoms with Crippen LogP contribution in [-0.4, -0.2) is 62.1 Å². The maximum atomic E-state index is 12.0. The Morgan fingerprint density at radius 1 is 1.33 bits per heavy atom. The summed E-state index contributed by atoms with van der Waals surface area (Å²) in [6, 6.07) is 0. The fourth-order valence-corrected chi connectivity index (χ4v) is 2.94. The Morgan fingerprint density at radius 2 is 1.94 bits per heavy atom. The molecule has 18 heavy (non-hydrogen) atoms. The Hall–Kier alpha value is -0.610. The number of likely N-dealkylation sites (tertiary alicyclic amines) is 1. The van der Waals surface area contributed by atoms with Crippen LogP contribution < -0.4 is 0 Å². The summed E-state index contributed by atoms with van der Waals surface area (Å²) in [5.41, 5.74) is 0.219. The van der Waals surface area contributed by atoms with Crippen molar-refractivity contribution < 1.29 is 9.53 Å². The summed E-state index contributed by atoms with van der Waals surface area (Å²) >= 11 is 0. The predicted octanol–water partition coefficient (Wildman–Crippen LogP) is 1.36. The lowest BCUT2D eigenvalue weighted by molar-refractivity contribution is -0.135. The highest BCUT2D eigenvalue weighted by atomic mass is 16.5. The number of rotatable bonds is 5. The van der Waals surface area contributed by atoms with Crippen LogP contribution >= 0.6 is 0 Å². The van der Waals surface area contributed by atoms with Crippen LogP contribution in [0.1, 0.15) is 32.1 Å². The highest BCUT2D eigenvalue weighted by molar-refractivity contribution is 5.81. The summed E-state index contributed by atoms with van der Waals surface area (Å²) in [7, 11) is 6.05. The first-order chi connectivity index (χ1) is 8.59. The van der Waals surface area contributed by atoms with E-state index in [1.165, 1.54) is 0 Å². The molecule has 1 aliphatic carbocycles. The molecule has 2 aliphatic rings. The van der Waals surface area contributed by atoms with Crippen molar-refractivity contribution in [2.75, 3.05) is 40.9 Å². The third-order valence-electron chi connectivity index (χ3n) is 4.65. The van der Waals surface area contributed by atoms with Crippen LogP contribution in [0.4, 0.5) is 0 Å². The molecule has 0 N–H and O–H groups in total. The molecule has 2 rings (SSSR count). The van der Waals surface area contributed by atoms with Gasteiger partial charge in [-0.3, -0.25) is 4.79 Å². The summed E-state index contributed by atoms with van der Waals surface area (Å²) in [6.07, 6.45) is 5.42. The molecule has 0 spiro atoms. The van der Waals surface area contributed by atoms with Crippen molar-refractivity contribution in [3.05, 3.63) is 0 Å². The monoisotopic (exact) mass is 254 g/mol. The van der Waals surface area contributed by atoms with Gasteiger partial charge in [0.1, 0.15) is 0 Å². The molecule has 0 aromatic rings. The van der Waals surface area contributed by atoms with E-state index < -0.39 is 0 Å². The summed E-state index contributed by atoms with van der Waals surface area (Å²) < 4.78 is 5.24. The number of piperidine rings is 1. The number of hydrogen-bond acceptors (Lipinski definition) is 3. The molecule has 1 saturated carbocycles. The van der Waals surface area contributed by atoms with Gasteiger partial charge in [-0.2, -0.15) is 0 Å². The van der Waals surface area contributed by atoms with Gasteiger partial charge in [0.2, 0.25) is 5.91 Å². The van der Waals surface area contributed by atoms with Crippen LogP contribution in [0.2, 0.25) is 0 Å². The fraction of sp³-hybridized carbons (Fsp3) is 0.929. The Bertz CT molecular complexity index is 292. The minimum atomic E-state index is 0.219. The zero-order valence-corrected chi connectivity index (χ0v) is 11.9. The SMILES string of the molecule is COCCC1(N(C)C)CCN(C(=O)C2CC2)CC1. The summed E-state index contributed by atoms with van der Waals surface area (Å²) in [5.74, 6) is 0.755. The Labute approximate surface area is 110 Å². The molecular formula is C14H26N2O2. The minimum absolute atomic E-state index is 0.219. The van der Waals surface area contributed by atoms with Crippen LogP contribution in [0, 0.1) is 5.92 Å². The number of carbonyl (C=O) groups excluding carboxylic acids is 1. The number of carbonyl (C=O) groups is 1. The number of amides is 1. The first-order valence-corrected chi connectivity index (χ1v) is 7.04. The normalized spacial score (nSPS) is 23.4. The van der Waals surface area contributed by atoms with E-state index in [-0.39, 0.29) is 5.54 Å². The quantitative estimate of drug-likeness (QED) is 0.742. The molecule has 0 atom stereocenters. The Balaban J connectivity index is 1.90. The standard InChI is InChI=1S/C14H26N2O2/c1-15(2)14(8-11-18-3)6-9-16(10-7-14)13(17)12-4-5-12/h12H,4-11H2,1-3H3. The molecule has 0 radical (unpaired) electrons. The molecular weight excluding hydrogens is 228 g/mol. The number of ether oxygens (including phenoxy) is 1. The van der Waals surface area contributed by atoms with Crippen molar-refractivity contribution in [2.24, 2.45) is 5.92 Å². The first-order valence-electron chi connectivity index (χ1n) is 7.04. The second-order valence-electron chi connectivity index (χ2n) is 5.96. The molecule has 4 heteroatoms. The average molecular weight is 254 g/mol. The van der Waals surface area contributed by atoms with E-state index in [2.05, 4.69) is 23.9 Å². The molecule has 2 fully saturated rings. The van der Waals surface area contributed by atoms with E-state index in [9.17, 15) is 4.79 Å². The van der Waals surface area contributed by atoms with Crippen molar-refractivity contribution in [3.63, 3.8) is 0 Å². The van der Waals surface area contributed by atoms with Gasteiger partial charge in [-0.05, 0) is 46.2 Å². The van der Waals surface area contributed by atoms with Gasteiger partial charge in [-0.25, -0.2) is 0 Å². The third-order valence-corrected chi connectivity index (χ3v) is 4.65. The molecule has 1 aliphatic heterocycles. The lowest BCUT2D eigenvalue weighted by Gasteiger charge is -2.46. The van der Waals surface area contributed by atoms with Gasteiger partial charge in [0.25, 0.3) is 0 Å². The molecule has 1 heterocycles. The van der Waals surface area contributed by atoms with Gasteiger partial charge in [-0.1, -0.05) is 0 Å². The van der Waals surface area contributed by atoms with Gasteiger partial charge in [0.05, 0.1) is 0 Å². The van der Waals surface area contributed by atoms with Gasteiger partial charge < -0.3 is 14.5 Å². The first kappa shape index (κ1) is 13.8. The minimum Gasteiger partial charge on any atom is -0.385 e. The van der Waals surface area contributed by atoms with Gasteiger partial charge in [-0.15, -0.1) is 0 Å². The maximum absolute atomic E-state index is 12.0. The van der Waals surface area contributed by atoms with Crippen LogP contribution in [0.3, 0.4) is 0 Å². The largest absolute Gasteiger partial charge is 0.385 e. The highest BCUT2D eigenvalue weighted by Crippen LogP contribution is 2.35. The van der Waals surface area contributed by atoms with Crippen LogP contribution in [0.25, 0.3) is 0 Å². The zero-order chi connectivity index (χ0) is 13.2. The van der Waals surface area contributed by atoms with E-state index in [1.54, 1.807) is 7.11 Å². The van der Waals surface area contributed by atoms with Crippen molar-refractivity contribution >= 4 is 5.91 Å². The van der Waals surface area contributed by atoms with Crippen LogP contribution in [0.5, 0.6) is 0 Å². The summed E-state index contributed by atoms with van der Waals surface area (Å²) in [6.45, 7) is 2.63. The fourth-order valence-electron chi connectivity index (χ4n) is 2.94. The molecule has 104 valence electrons. The smallest absolute Gasteiger partial charge is 0.225 e. The van der Waals surface area contributed by atoms with Crippen LogP contribution in [0.15, 0.2) is 0 Å². The molecule has 0 aromatic heterocycles. The molecule has 4 nitrogen and oxygen atoms in total. The van der Waals surface area contributed by atoms with Crippen molar-refractivity contribution in [2.45, 2.75) is 37.6 Å². The van der Waals surface area contributed by atoms with E-state index in [1.807, 2.05) is 0 Å². The number of hydrogen-bond donors (Lipinski definition) is 0. The van der Waals surface area contributed by atoms with Crippen molar-refractivity contribution in [1.29, 1.82) is 0 Å².